The van der Waals surface area contributed by atoms with Crippen molar-refractivity contribution in [2.45, 2.75) is 40.0 Å². The van der Waals surface area contributed by atoms with E-state index in [2.05, 4.69) is 27.4 Å². The molecule has 0 aromatic carbocycles. The van der Waals surface area contributed by atoms with Crippen LogP contribution in [0, 0.1) is 0 Å². The summed E-state index contributed by atoms with van der Waals surface area (Å²) in [4.78, 5) is 0. The van der Waals surface area contributed by atoms with Crippen LogP contribution in [0.2, 0.25) is 0 Å². The Balaban J connectivity index is 3.68. The molecule has 0 amide bonds. The monoisotopic (exact) mass is 175 g/mol. The van der Waals surface area contributed by atoms with Crippen LogP contribution in [0.3, 0.4) is 0 Å². The lowest BCUT2D eigenvalue weighted by molar-refractivity contribution is 0.881. The van der Waals surface area contributed by atoms with E-state index in [-0.39, 0.29) is 0 Å². The van der Waals surface area contributed by atoms with Crippen molar-refractivity contribution < 1.29 is 0 Å². The maximum absolute atomic E-state index is 2.55. The molecule has 1 atom stereocenters. The third-order valence-corrected chi connectivity index (χ3v) is 7.03. The average Bonchev–Trinajstić information content (AvgIpc) is 2.02. The van der Waals surface area contributed by atoms with Crippen molar-refractivity contribution in [3.8, 4) is 0 Å². The topological polar surface area (TPSA) is 0 Å². The molecule has 0 aliphatic heterocycles. The highest BCUT2D eigenvalue weighted by Crippen LogP contribution is 2.55. The van der Waals surface area contributed by atoms with Crippen molar-refractivity contribution in [2.75, 3.05) is 25.2 Å². The molecule has 0 saturated heterocycles. The quantitative estimate of drug-likeness (QED) is 0.538. The van der Waals surface area contributed by atoms with E-state index in [0.29, 0.717) is 0 Å². The van der Waals surface area contributed by atoms with Gasteiger partial charge in [0.1, 0.15) is 0 Å². The van der Waals surface area contributed by atoms with Gasteiger partial charge in [-0.2, -0.15) is 0 Å². The maximum atomic E-state index is 2.55. The minimum atomic E-state index is -0.467. The smallest absolute Gasteiger partial charge is 0.0591 e. The molecule has 0 fully saturated rings. The van der Waals surface area contributed by atoms with E-state index < -0.39 is 7.26 Å². The van der Waals surface area contributed by atoms with Crippen molar-refractivity contribution in [2.24, 2.45) is 0 Å². The molecule has 0 rings (SSSR count). The van der Waals surface area contributed by atoms with Gasteiger partial charge in [-0.3, -0.25) is 0 Å². The first-order valence-electron chi connectivity index (χ1n) is 5.02. The van der Waals surface area contributed by atoms with Gasteiger partial charge in [-0.05, 0) is 19.8 Å². The van der Waals surface area contributed by atoms with Gasteiger partial charge >= 0.3 is 0 Å². The molecule has 0 spiro atoms. The van der Waals surface area contributed by atoms with Gasteiger partial charge < -0.3 is 0 Å². The SMILES string of the molecule is CCCC[P+](C)(CC)CCC. The lowest BCUT2D eigenvalue weighted by atomic mass is 10.4. The van der Waals surface area contributed by atoms with Gasteiger partial charge in [-0.25, -0.2) is 0 Å². The summed E-state index contributed by atoms with van der Waals surface area (Å²) in [7, 11) is -0.467. The van der Waals surface area contributed by atoms with Gasteiger partial charge in [-0.1, -0.05) is 20.3 Å². The Morgan fingerprint density at radius 3 is 1.91 bits per heavy atom. The van der Waals surface area contributed by atoms with Crippen LogP contribution in [-0.4, -0.2) is 25.2 Å². The molecule has 0 N–H and O–H groups in total. The Labute approximate surface area is 73.1 Å². The molecule has 0 nitrogen and oxygen atoms in total. The van der Waals surface area contributed by atoms with E-state index in [1.807, 2.05) is 0 Å². The summed E-state index contributed by atoms with van der Waals surface area (Å²) in [6.45, 7) is 9.54. The molecule has 0 saturated carbocycles. The molecule has 0 aromatic heterocycles. The zero-order valence-electron chi connectivity index (χ0n) is 8.69. The molecule has 11 heavy (non-hydrogen) atoms. The third-order valence-electron chi connectivity index (χ3n) is 2.58. The van der Waals surface area contributed by atoms with Crippen molar-refractivity contribution in [1.29, 1.82) is 0 Å². The molecule has 1 unspecified atom stereocenters. The highest BCUT2D eigenvalue weighted by molar-refractivity contribution is 7.75. The van der Waals surface area contributed by atoms with Gasteiger partial charge in [0, 0.05) is 13.9 Å². The Hall–Kier alpha value is 0.430. The van der Waals surface area contributed by atoms with E-state index in [9.17, 15) is 0 Å². The Morgan fingerprint density at radius 2 is 1.55 bits per heavy atom. The largest absolute Gasteiger partial charge is 0.0652 e. The molecule has 0 heterocycles. The van der Waals surface area contributed by atoms with E-state index in [1.54, 1.807) is 0 Å². The van der Waals surface area contributed by atoms with Crippen LogP contribution in [0.4, 0.5) is 0 Å². The summed E-state index contributed by atoms with van der Waals surface area (Å²) in [5.41, 5.74) is 0. The van der Waals surface area contributed by atoms with Gasteiger partial charge in [0.15, 0.2) is 0 Å². The molecule has 0 aliphatic rings. The minimum Gasteiger partial charge on any atom is -0.0652 e. The van der Waals surface area contributed by atoms with E-state index in [1.165, 1.54) is 37.7 Å². The molecular formula is C10H24P+. The predicted octanol–water partition coefficient (Wildman–Crippen LogP) is 3.86. The van der Waals surface area contributed by atoms with Crippen molar-refractivity contribution >= 4 is 7.26 Å². The number of hydrogen-bond donors (Lipinski definition) is 0. The van der Waals surface area contributed by atoms with Crippen LogP contribution in [0.1, 0.15) is 40.0 Å². The summed E-state index contributed by atoms with van der Waals surface area (Å²) in [6.07, 6.45) is 8.73. The summed E-state index contributed by atoms with van der Waals surface area (Å²) < 4.78 is 0. The molecule has 0 aromatic rings. The fourth-order valence-electron chi connectivity index (χ4n) is 1.51. The summed E-state index contributed by atoms with van der Waals surface area (Å²) >= 11 is 0. The second-order valence-corrected chi connectivity index (χ2v) is 8.50. The average molecular weight is 175 g/mol. The lowest BCUT2D eigenvalue weighted by Crippen LogP contribution is -2.04. The van der Waals surface area contributed by atoms with Crippen molar-refractivity contribution in [3.05, 3.63) is 0 Å². The fourth-order valence-corrected chi connectivity index (χ4v) is 4.52. The molecule has 0 aliphatic carbocycles. The van der Waals surface area contributed by atoms with Gasteiger partial charge in [0.2, 0.25) is 0 Å². The van der Waals surface area contributed by atoms with Crippen LogP contribution in [0.25, 0.3) is 0 Å². The zero-order valence-corrected chi connectivity index (χ0v) is 9.58. The standard InChI is InChI=1S/C10H24P/c1-5-8-10-11(4,7-3)9-6-2/h5-10H2,1-4H3/q+1. The van der Waals surface area contributed by atoms with Gasteiger partial charge in [0.05, 0.1) is 18.5 Å². The number of unbranched alkanes of at least 4 members (excludes halogenated alkanes) is 1. The van der Waals surface area contributed by atoms with Gasteiger partial charge in [-0.15, -0.1) is 0 Å². The first-order valence-corrected chi connectivity index (χ1v) is 7.81. The fraction of sp³-hybridized carbons (Fsp3) is 1.00. The van der Waals surface area contributed by atoms with Crippen molar-refractivity contribution in [1.82, 2.24) is 0 Å². The second kappa shape index (κ2) is 6.00. The Morgan fingerprint density at radius 1 is 0.909 bits per heavy atom. The first kappa shape index (κ1) is 11.4. The molecule has 0 bridgehead atoms. The molecule has 68 valence electrons. The van der Waals surface area contributed by atoms with E-state index in [0.717, 1.165) is 0 Å². The summed E-state index contributed by atoms with van der Waals surface area (Å²) in [5.74, 6) is 0. The van der Waals surface area contributed by atoms with Crippen molar-refractivity contribution in [3.63, 3.8) is 0 Å². The highest BCUT2D eigenvalue weighted by Gasteiger charge is 2.26. The van der Waals surface area contributed by atoms with Crippen LogP contribution in [-0.2, 0) is 0 Å². The molecule has 0 radical (unpaired) electrons. The second-order valence-electron chi connectivity index (χ2n) is 3.74. The zero-order chi connectivity index (χ0) is 8.74. The lowest BCUT2D eigenvalue weighted by Gasteiger charge is -2.20. The normalized spacial score (nSPS) is 16.4. The summed E-state index contributed by atoms with van der Waals surface area (Å²) in [6, 6.07) is 0. The van der Waals surface area contributed by atoms with Crippen LogP contribution >= 0.6 is 7.26 Å². The summed E-state index contributed by atoms with van der Waals surface area (Å²) in [5, 5.41) is 0. The Bertz CT molecular complexity index is 90.9. The third kappa shape index (κ3) is 4.80. The van der Waals surface area contributed by atoms with E-state index >= 15 is 0 Å². The molecule has 1 heteroatoms. The van der Waals surface area contributed by atoms with Gasteiger partial charge in [0.25, 0.3) is 0 Å². The highest BCUT2D eigenvalue weighted by atomic mass is 31.2. The van der Waals surface area contributed by atoms with E-state index in [4.69, 9.17) is 0 Å². The number of hydrogen-bond acceptors (Lipinski definition) is 0. The predicted molar refractivity (Wildman–Crippen MR) is 58.3 cm³/mol. The maximum Gasteiger partial charge on any atom is 0.0591 e. The first-order chi connectivity index (χ1) is 5.18. The molecular weight excluding hydrogens is 151 g/mol. The minimum absolute atomic E-state index is 0.467. The van der Waals surface area contributed by atoms with Crippen LogP contribution in [0.5, 0.6) is 0 Å². The van der Waals surface area contributed by atoms with Crippen LogP contribution < -0.4 is 0 Å². The number of rotatable bonds is 6. The Kier molecular flexibility index (Phi) is 6.24. The van der Waals surface area contributed by atoms with Crippen LogP contribution in [0.15, 0.2) is 0 Å².